The van der Waals surface area contributed by atoms with Gasteiger partial charge in [0.25, 0.3) is 0 Å². The van der Waals surface area contributed by atoms with Gasteiger partial charge < -0.3 is 4.90 Å². The van der Waals surface area contributed by atoms with Crippen molar-refractivity contribution in [3.05, 3.63) is 35.5 Å². The van der Waals surface area contributed by atoms with Crippen LogP contribution in [0.15, 0.2) is 35.5 Å². The molecule has 0 atom stereocenters. The minimum Gasteiger partial charge on any atom is -0.303 e. The van der Waals surface area contributed by atoms with Crippen LogP contribution in [0, 0.1) is 0 Å². The van der Waals surface area contributed by atoms with Crippen molar-refractivity contribution in [1.82, 2.24) is 4.90 Å². The molecular formula is C18H29N. The van der Waals surface area contributed by atoms with E-state index in [1.807, 2.05) is 0 Å². The fourth-order valence-corrected chi connectivity index (χ4v) is 2.98. The van der Waals surface area contributed by atoms with E-state index in [1.165, 1.54) is 70.2 Å². The Morgan fingerprint density at radius 1 is 1.05 bits per heavy atom. The van der Waals surface area contributed by atoms with E-state index in [0.717, 1.165) is 6.42 Å². The summed E-state index contributed by atoms with van der Waals surface area (Å²) in [6.07, 6.45) is 19.9. The Bertz CT molecular complexity index is 343. The number of likely N-dealkylation sites (tertiary alicyclic amines) is 1. The van der Waals surface area contributed by atoms with E-state index in [9.17, 15) is 0 Å². The Morgan fingerprint density at radius 2 is 1.89 bits per heavy atom. The minimum absolute atomic E-state index is 1.16. The zero-order chi connectivity index (χ0) is 13.3. The standard InChI is InChI=1S/C18H29N/c1-2-3-8-17-9-6-10-18(13-12-17)11-7-16-19-14-4-5-15-19/h6,9,12-13H,2-5,7-8,10-11,14-16H2,1H3. The Balaban J connectivity index is 1.72. The van der Waals surface area contributed by atoms with Gasteiger partial charge in [-0.05, 0) is 70.2 Å². The van der Waals surface area contributed by atoms with Crippen LogP contribution in [0.2, 0.25) is 0 Å². The number of hydrogen-bond donors (Lipinski definition) is 0. The summed E-state index contributed by atoms with van der Waals surface area (Å²) in [5.74, 6) is 0. The molecule has 0 N–H and O–H groups in total. The molecule has 1 aliphatic heterocycles. The molecule has 0 aromatic rings. The monoisotopic (exact) mass is 259 g/mol. The topological polar surface area (TPSA) is 3.24 Å². The van der Waals surface area contributed by atoms with E-state index in [0.29, 0.717) is 0 Å². The fraction of sp³-hybridized carbons (Fsp3) is 0.667. The lowest BCUT2D eigenvalue weighted by Gasteiger charge is -2.14. The van der Waals surface area contributed by atoms with Crippen molar-refractivity contribution >= 4 is 0 Å². The molecule has 1 heterocycles. The molecule has 0 aromatic carbocycles. The summed E-state index contributed by atoms with van der Waals surface area (Å²) < 4.78 is 0. The first-order chi connectivity index (χ1) is 9.38. The van der Waals surface area contributed by atoms with Gasteiger partial charge in [0.2, 0.25) is 0 Å². The third kappa shape index (κ3) is 5.36. The van der Waals surface area contributed by atoms with E-state index in [1.54, 1.807) is 5.57 Å². The van der Waals surface area contributed by atoms with Crippen LogP contribution in [0.5, 0.6) is 0 Å². The van der Waals surface area contributed by atoms with Gasteiger partial charge in [-0.25, -0.2) is 0 Å². The van der Waals surface area contributed by atoms with Gasteiger partial charge in [-0.2, -0.15) is 0 Å². The highest BCUT2D eigenvalue weighted by molar-refractivity contribution is 5.30. The summed E-state index contributed by atoms with van der Waals surface area (Å²) in [6.45, 7) is 6.23. The normalized spacial score (nSPS) is 20.3. The summed E-state index contributed by atoms with van der Waals surface area (Å²) >= 11 is 0. The van der Waals surface area contributed by atoms with Gasteiger partial charge in [0.05, 0.1) is 0 Å². The van der Waals surface area contributed by atoms with Crippen molar-refractivity contribution in [3.8, 4) is 0 Å². The van der Waals surface area contributed by atoms with Gasteiger partial charge in [0.1, 0.15) is 0 Å². The molecule has 2 aliphatic rings. The summed E-state index contributed by atoms with van der Waals surface area (Å²) in [4.78, 5) is 2.62. The molecule has 19 heavy (non-hydrogen) atoms. The molecule has 0 radical (unpaired) electrons. The zero-order valence-corrected chi connectivity index (χ0v) is 12.5. The van der Waals surface area contributed by atoms with Crippen LogP contribution in [0.3, 0.4) is 0 Å². The molecule has 0 amide bonds. The summed E-state index contributed by atoms with van der Waals surface area (Å²) in [5, 5.41) is 0. The van der Waals surface area contributed by atoms with E-state index >= 15 is 0 Å². The summed E-state index contributed by atoms with van der Waals surface area (Å²) in [6, 6.07) is 0. The van der Waals surface area contributed by atoms with Crippen molar-refractivity contribution in [1.29, 1.82) is 0 Å². The molecule has 1 aliphatic carbocycles. The predicted molar refractivity (Wildman–Crippen MR) is 84.4 cm³/mol. The molecule has 0 aromatic heterocycles. The molecule has 2 rings (SSSR count). The number of hydrogen-bond acceptors (Lipinski definition) is 1. The zero-order valence-electron chi connectivity index (χ0n) is 12.5. The van der Waals surface area contributed by atoms with Crippen LogP contribution >= 0.6 is 0 Å². The van der Waals surface area contributed by atoms with Crippen LogP contribution in [0.4, 0.5) is 0 Å². The number of unbranched alkanes of at least 4 members (excludes halogenated alkanes) is 1. The molecule has 1 fully saturated rings. The summed E-state index contributed by atoms with van der Waals surface area (Å²) in [5.41, 5.74) is 3.12. The number of allylic oxidation sites excluding steroid dienone is 6. The predicted octanol–water partition coefficient (Wildman–Crippen LogP) is 4.87. The first kappa shape index (κ1) is 14.6. The second kappa shape index (κ2) is 8.37. The van der Waals surface area contributed by atoms with Crippen molar-refractivity contribution in [2.24, 2.45) is 0 Å². The number of nitrogens with zero attached hydrogens (tertiary/aromatic N) is 1. The highest BCUT2D eigenvalue weighted by atomic mass is 15.1. The van der Waals surface area contributed by atoms with E-state index in [2.05, 4.69) is 36.1 Å². The molecule has 1 saturated heterocycles. The molecule has 1 nitrogen and oxygen atoms in total. The van der Waals surface area contributed by atoms with Crippen molar-refractivity contribution < 1.29 is 0 Å². The third-order valence-electron chi connectivity index (χ3n) is 4.24. The lowest BCUT2D eigenvalue weighted by molar-refractivity contribution is 0.333. The first-order valence-corrected chi connectivity index (χ1v) is 8.16. The SMILES string of the molecule is CCCCC1=CC=C(CCCN2CCCC2)CC=C1. The lowest BCUT2D eigenvalue weighted by atomic mass is 10.1. The van der Waals surface area contributed by atoms with Gasteiger partial charge in [-0.15, -0.1) is 0 Å². The first-order valence-electron chi connectivity index (χ1n) is 8.16. The van der Waals surface area contributed by atoms with Crippen molar-refractivity contribution in [2.45, 2.75) is 58.3 Å². The minimum atomic E-state index is 1.16. The van der Waals surface area contributed by atoms with Crippen molar-refractivity contribution in [2.75, 3.05) is 19.6 Å². The quantitative estimate of drug-likeness (QED) is 0.631. The molecule has 0 unspecified atom stereocenters. The fourth-order valence-electron chi connectivity index (χ4n) is 2.98. The average molecular weight is 259 g/mol. The highest BCUT2D eigenvalue weighted by Gasteiger charge is 2.10. The highest BCUT2D eigenvalue weighted by Crippen LogP contribution is 2.19. The van der Waals surface area contributed by atoms with Crippen LogP contribution < -0.4 is 0 Å². The Hall–Kier alpha value is -0.820. The van der Waals surface area contributed by atoms with Gasteiger partial charge in [-0.3, -0.25) is 0 Å². The van der Waals surface area contributed by atoms with Gasteiger partial charge in [0.15, 0.2) is 0 Å². The molecule has 0 bridgehead atoms. The van der Waals surface area contributed by atoms with Crippen LogP contribution in [-0.4, -0.2) is 24.5 Å². The Labute approximate surface area is 119 Å². The average Bonchev–Trinajstić information content (AvgIpc) is 2.83. The second-order valence-electron chi connectivity index (χ2n) is 5.93. The molecule has 0 saturated carbocycles. The molecule has 106 valence electrons. The van der Waals surface area contributed by atoms with E-state index < -0.39 is 0 Å². The molecule has 1 heteroatoms. The maximum absolute atomic E-state index is 2.62. The van der Waals surface area contributed by atoms with Gasteiger partial charge in [0, 0.05) is 0 Å². The van der Waals surface area contributed by atoms with Gasteiger partial charge in [-0.1, -0.05) is 43.2 Å². The Morgan fingerprint density at radius 3 is 2.68 bits per heavy atom. The molecule has 0 spiro atoms. The van der Waals surface area contributed by atoms with E-state index in [-0.39, 0.29) is 0 Å². The van der Waals surface area contributed by atoms with Crippen molar-refractivity contribution in [3.63, 3.8) is 0 Å². The smallest absolute Gasteiger partial charge is 0.00157 e. The van der Waals surface area contributed by atoms with Crippen LogP contribution in [0.25, 0.3) is 0 Å². The maximum Gasteiger partial charge on any atom is -0.00157 e. The van der Waals surface area contributed by atoms with Crippen LogP contribution in [-0.2, 0) is 0 Å². The molecular weight excluding hydrogens is 230 g/mol. The lowest BCUT2D eigenvalue weighted by Crippen LogP contribution is -2.20. The largest absolute Gasteiger partial charge is 0.303 e. The summed E-state index contributed by atoms with van der Waals surface area (Å²) in [7, 11) is 0. The van der Waals surface area contributed by atoms with E-state index in [4.69, 9.17) is 0 Å². The third-order valence-corrected chi connectivity index (χ3v) is 4.24. The van der Waals surface area contributed by atoms with Gasteiger partial charge >= 0.3 is 0 Å². The maximum atomic E-state index is 2.62. The number of rotatable bonds is 7. The van der Waals surface area contributed by atoms with Crippen LogP contribution in [0.1, 0.15) is 58.3 Å². The Kier molecular flexibility index (Phi) is 6.43. The second-order valence-corrected chi connectivity index (χ2v) is 5.93.